The van der Waals surface area contributed by atoms with Crippen molar-refractivity contribution in [1.29, 1.82) is 0 Å². The van der Waals surface area contributed by atoms with Crippen LogP contribution in [0.25, 0.3) is 10.2 Å². The van der Waals surface area contributed by atoms with E-state index in [1.54, 1.807) is 6.92 Å². The standard InChI is InChI=1S/C20H26N4O3S/c1-3-27-20(26)16-12(2)15-17(21-11-22-18(15)28-16)23-14-8-9-24(10-14)19(25)13-6-4-5-7-13/h11,13-14H,3-10H2,1-2H3,(H,21,22,23). The molecular weight excluding hydrogens is 376 g/mol. The first-order valence-corrected chi connectivity index (χ1v) is 10.9. The van der Waals surface area contributed by atoms with Crippen molar-refractivity contribution >= 4 is 39.2 Å². The number of rotatable bonds is 5. The van der Waals surface area contributed by atoms with E-state index in [1.165, 1.54) is 30.5 Å². The summed E-state index contributed by atoms with van der Waals surface area (Å²) < 4.78 is 5.16. The lowest BCUT2D eigenvalue weighted by Gasteiger charge is -2.21. The molecule has 2 aromatic rings. The molecule has 1 saturated heterocycles. The monoisotopic (exact) mass is 402 g/mol. The van der Waals surface area contributed by atoms with E-state index >= 15 is 0 Å². The second-order valence-corrected chi connectivity index (χ2v) is 8.57. The first-order valence-electron chi connectivity index (χ1n) is 10.0. The Hall–Kier alpha value is -2.22. The number of amides is 1. The van der Waals surface area contributed by atoms with Gasteiger partial charge in [0, 0.05) is 25.0 Å². The van der Waals surface area contributed by atoms with Gasteiger partial charge in [-0.2, -0.15) is 0 Å². The SMILES string of the molecule is CCOC(=O)c1sc2ncnc(NC3CCN(C(=O)C4CCCC4)C3)c2c1C. The summed E-state index contributed by atoms with van der Waals surface area (Å²) in [7, 11) is 0. The molecule has 0 bridgehead atoms. The second kappa shape index (κ2) is 8.03. The number of likely N-dealkylation sites (tertiary alicyclic amines) is 1. The third-order valence-electron chi connectivity index (χ3n) is 5.73. The van der Waals surface area contributed by atoms with E-state index in [0.717, 1.165) is 47.4 Å². The molecule has 4 rings (SSSR count). The van der Waals surface area contributed by atoms with Crippen molar-refractivity contribution in [2.45, 2.75) is 52.0 Å². The number of fused-ring (bicyclic) bond motifs is 1. The van der Waals surface area contributed by atoms with Crippen LogP contribution in [-0.2, 0) is 9.53 Å². The zero-order chi connectivity index (χ0) is 19.7. The molecule has 150 valence electrons. The highest BCUT2D eigenvalue weighted by Crippen LogP contribution is 2.34. The Labute approximate surface area is 168 Å². The molecular formula is C20H26N4O3S. The molecule has 3 heterocycles. The lowest BCUT2D eigenvalue weighted by Crippen LogP contribution is -2.35. The van der Waals surface area contributed by atoms with E-state index < -0.39 is 0 Å². The molecule has 1 aliphatic carbocycles. The number of hydrogen-bond donors (Lipinski definition) is 1. The third kappa shape index (κ3) is 3.57. The molecule has 1 aliphatic heterocycles. The van der Waals surface area contributed by atoms with Crippen molar-refractivity contribution in [3.63, 3.8) is 0 Å². The van der Waals surface area contributed by atoms with E-state index in [0.29, 0.717) is 23.9 Å². The Bertz CT molecular complexity index is 891. The first-order chi connectivity index (χ1) is 13.6. The van der Waals surface area contributed by atoms with Crippen LogP contribution in [0.2, 0.25) is 0 Å². The number of ether oxygens (including phenoxy) is 1. The van der Waals surface area contributed by atoms with Gasteiger partial charge in [0.05, 0.1) is 12.0 Å². The van der Waals surface area contributed by atoms with Gasteiger partial charge in [-0.15, -0.1) is 11.3 Å². The Balaban J connectivity index is 1.50. The van der Waals surface area contributed by atoms with Crippen molar-refractivity contribution in [3.8, 4) is 0 Å². The van der Waals surface area contributed by atoms with Crippen LogP contribution < -0.4 is 5.32 Å². The molecule has 2 fully saturated rings. The summed E-state index contributed by atoms with van der Waals surface area (Å²) in [6.07, 6.45) is 6.83. The van der Waals surface area contributed by atoms with Crippen LogP contribution in [0.4, 0.5) is 5.82 Å². The number of aromatic nitrogens is 2. The fraction of sp³-hybridized carbons (Fsp3) is 0.600. The maximum Gasteiger partial charge on any atom is 0.348 e. The average Bonchev–Trinajstić information content (AvgIpc) is 3.42. The third-order valence-corrected chi connectivity index (χ3v) is 6.91. The average molecular weight is 403 g/mol. The van der Waals surface area contributed by atoms with Crippen molar-refractivity contribution in [2.24, 2.45) is 5.92 Å². The Kier molecular flexibility index (Phi) is 5.48. The minimum Gasteiger partial charge on any atom is -0.462 e. The van der Waals surface area contributed by atoms with Gasteiger partial charge in [0.1, 0.15) is 21.9 Å². The molecule has 1 saturated carbocycles. The summed E-state index contributed by atoms with van der Waals surface area (Å²) in [4.78, 5) is 37.0. The summed E-state index contributed by atoms with van der Waals surface area (Å²) in [6, 6.07) is 0.161. The van der Waals surface area contributed by atoms with Gasteiger partial charge < -0.3 is 15.0 Å². The number of nitrogens with zero attached hydrogens (tertiary/aromatic N) is 3. The molecule has 1 atom stereocenters. The largest absolute Gasteiger partial charge is 0.462 e. The van der Waals surface area contributed by atoms with Crippen LogP contribution in [0.3, 0.4) is 0 Å². The zero-order valence-electron chi connectivity index (χ0n) is 16.4. The number of aryl methyl sites for hydroxylation is 1. The van der Waals surface area contributed by atoms with Crippen molar-refractivity contribution in [3.05, 3.63) is 16.8 Å². The fourth-order valence-electron chi connectivity index (χ4n) is 4.27. The molecule has 0 aromatic carbocycles. The molecule has 1 N–H and O–H groups in total. The number of thiophene rings is 1. The number of hydrogen-bond acceptors (Lipinski definition) is 7. The van der Waals surface area contributed by atoms with Crippen LogP contribution >= 0.6 is 11.3 Å². The summed E-state index contributed by atoms with van der Waals surface area (Å²) >= 11 is 1.34. The Morgan fingerprint density at radius 3 is 2.82 bits per heavy atom. The molecule has 1 amide bonds. The maximum atomic E-state index is 12.7. The number of esters is 1. The first kappa shape index (κ1) is 19.1. The number of nitrogens with one attached hydrogen (secondary N) is 1. The summed E-state index contributed by atoms with van der Waals surface area (Å²) in [5, 5.41) is 4.37. The predicted molar refractivity (Wildman–Crippen MR) is 109 cm³/mol. The van der Waals surface area contributed by atoms with Crippen LogP contribution in [0.5, 0.6) is 0 Å². The topological polar surface area (TPSA) is 84.4 Å². The van der Waals surface area contributed by atoms with Crippen LogP contribution in [-0.4, -0.2) is 52.5 Å². The molecule has 28 heavy (non-hydrogen) atoms. The molecule has 1 unspecified atom stereocenters. The summed E-state index contributed by atoms with van der Waals surface area (Å²) in [6.45, 7) is 5.54. The summed E-state index contributed by atoms with van der Waals surface area (Å²) in [5.74, 6) is 0.944. The lowest BCUT2D eigenvalue weighted by molar-refractivity contribution is -0.134. The normalized spacial score (nSPS) is 20.1. The van der Waals surface area contributed by atoms with Crippen molar-refractivity contribution < 1.29 is 14.3 Å². The van der Waals surface area contributed by atoms with Gasteiger partial charge in [0.25, 0.3) is 0 Å². The van der Waals surface area contributed by atoms with Gasteiger partial charge in [-0.3, -0.25) is 4.79 Å². The van der Waals surface area contributed by atoms with E-state index in [4.69, 9.17) is 4.74 Å². The molecule has 2 aromatic heterocycles. The van der Waals surface area contributed by atoms with Crippen LogP contribution in [0.15, 0.2) is 6.33 Å². The zero-order valence-corrected chi connectivity index (χ0v) is 17.2. The lowest BCUT2D eigenvalue weighted by atomic mass is 10.1. The van der Waals surface area contributed by atoms with Crippen LogP contribution in [0.1, 0.15) is 54.3 Å². The van der Waals surface area contributed by atoms with Gasteiger partial charge in [0.15, 0.2) is 0 Å². The fourth-order valence-corrected chi connectivity index (χ4v) is 5.32. The Morgan fingerprint density at radius 1 is 1.29 bits per heavy atom. The highest BCUT2D eigenvalue weighted by molar-refractivity contribution is 7.20. The molecule has 0 spiro atoms. The maximum absolute atomic E-state index is 12.7. The molecule has 8 heteroatoms. The number of anilines is 1. The number of carbonyl (C=O) groups is 2. The highest BCUT2D eigenvalue weighted by Gasteiger charge is 2.32. The van der Waals surface area contributed by atoms with E-state index in [2.05, 4.69) is 15.3 Å². The minimum absolute atomic E-state index is 0.161. The smallest absolute Gasteiger partial charge is 0.348 e. The van der Waals surface area contributed by atoms with Gasteiger partial charge in [-0.25, -0.2) is 14.8 Å². The van der Waals surface area contributed by atoms with E-state index in [1.807, 2.05) is 11.8 Å². The van der Waals surface area contributed by atoms with Gasteiger partial charge >= 0.3 is 5.97 Å². The van der Waals surface area contributed by atoms with Gasteiger partial charge in [-0.1, -0.05) is 12.8 Å². The Morgan fingerprint density at radius 2 is 2.07 bits per heavy atom. The highest BCUT2D eigenvalue weighted by atomic mass is 32.1. The molecule has 0 radical (unpaired) electrons. The minimum atomic E-state index is -0.317. The quantitative estimate of drug-likeness (QED) is 0.772. The van der Waals surface area contributed by atoms with E-state index in [9.17, 15) is 9.59 Å². The predicted octanol–water partition coefficient (Wildman–Crippen LogP) is 3.38. The van der Waals surface area contributed by atoms with Crippen molar-refractivity contribution in [2.75, 3.05) is 25.0 Å². The van der Waals surface area contributed by atoms with E-state index in [-0.39, 0.29) is 17.9 Å². The van der Waals surface area contributed by atoms with Gasteiger partial charge in [-0.05, 0) is 38.7 Å². The second-order valence-electron chi connectivity index (χ2n) is 7.57. The molecule has 2 aliphatic rings. The van der Waals surface area contributed by atoms with Crippen molar-refractivity contribution in [1.82, 2.24) is 14.9 Å². The van der Waals surface area contributed by atoms with Gasteiger partial charge in [0.2, 0.25) is 5.91 Å². The summed E-state index contributed by atoms with van der Waals surface area (Å²) in [5.41, 5.74) is 0.846. The molecule has 7 nitrogen and oxygen atoms in total. The number of carbonyl (C=O) groups excluding carboxylic acids is 2. The van der Waals surface area contributed by atoms with Crippen LogP contribution in [0, 0.1) is 12.8 Å².